The SMILES string of the molecule is CN(c1ncnc2c1ccn2C(=S)NCCCCN)[C@H]1CN(C(=O)CC#N)CC[C@H]1F. The van der Waals surface area contributed by atoms with Gasteiger partial charge in [-0.25, -0.2) is 14.4 Å². The van der Waals surface area contributed by atoms with E-state index >= 15 is 0 Å². The predicted molar refractivity (Wildman–Crippen MR) is 120 cm³/mol. The Morgan fingerprint density at radius 3 is 3.03 bits per heavy atom. The summed E-state index contributed by atoms with van der Waals surface area (Å²) in [6, 6.07) is 3.15. The fourth-order valence-corrected chi connectivity index (χ4v) is 4.01. The summed E-state index contributed by atoms with van der Waals surface area (Å²) < 4.78 is 16.6. The summed E-state index contributed by atoms with van der Waals surface area (Å²) >= 11 is 5.49. The molecule has 11 heteroatoms. The number of carbonyl (C=O) groups is 1. The molecule has 1 fully saturated rings. The lowest BCUT2D eigenvalue weighted by Crippen LogP contribution is -2.54. The van der Waals surface area contributed by atoms with Gasteiger partial charge in [0.2, 0.25) is 5.91 Å². The van der Waals surface area contributed by atoms with E-state index in [-0.39, 0.29) is 25.3 Å². The van der Waals surface area contributed by atoms with Crippen molar-refractivity contribution in [2.75, 3.05) is 38.1 Å². The second kappa shape index (κ2) is 10.5. The molecule has 1 saturated heterocycles. The molecule has 3 N–H and O–H groups in total. The van der Waals surface area contributed by atoms with E-state index in [1.54, 1.807) is 21.4 Å². The van der Waals surface area contributed by atoms with Gasteiger partial charge in [-0.05, 0) is 44.1 Å². The molecular weight excluding hydrogens is 419 g/mol. The Labute approximate surface area is 186 Å². The molecule has 0 spiro atoms. The summed E-state index contributed by atoms with van der Waals surface area (Å²) in [6.45, 7) is 1.86. The van der Waals surface area contributed by atoms with E-state index in [9.17, 15) is 9.18 Å². The van der Waals surface area contributed by atoms with Crippen molar-refractivity contribution in [3.05, 3.63) is 18.6 Å². The minimum absolute atomic E-state index is 0.200. The third-order valence-electron chi connectivity index (χ3n) is 5.50. The van der Waals surface area contributed by atoms with Crippen molar-refractivity contribution in [2.45, 2.75) is 37.9 Å². The summed E-state index contributed by atoms with van der Waals surface area (Å²) in [4.78, 5) is 24.2. The van der Waals surface area contributed by atoms with Gasteiger partial charge in [0.05, 0.1) is 17.5 Å². The van der Waals surface area contributed by atoms with E-state index in [0.717, 1.165) is 18.2 Å². The van der Waals surface area contributed by atoms with Crippen LogP contribution in [-0.2, 0) is 4.79 Å². The van der Waals surface area contributed by atoms with Crippen LogP contribution < -0.4 is 16.0 Å². The fraction of sp³-hybridized carbons (Fsp3) is 0.550. The van der Waals surface area contributed by atoms with Crippen LogP contribution in [0.25, 0.3) is 11.0 Å². The summed E-state index contributed by atoms with van der Waals surface area (Å²) in [5, 5.41) is 13.3. The number of nitriles is 1. The third kappa shape index (κ3) is 5.08. The smallest absolute Gasteiger partial charge is 0.236 e. The van der Waals surface area contributed by atoms with Crippen LogP contribution in [0, 0.1) is 11.3 Å². The first kappa shape index (κ1) is 22.8. The van der Waals surface area contributed by atoms with Crippen molar-refractivity contribution >= 4 is 40.1 Å². The molecule has 0 saturated carbocycles. The van der Waals surface area contributed by atoms with Crippen molar-refractivity contribution in [1.29, 1.82) is 5.26 Å². The van der Waals surface area contributed by atoms with E-state index in [0.29, 0.717) is 36.2 Å². The Kier molecular flexibility index (Phi) is 7.70. The zero-order chi connectivity index (χ0) is 22.4. The van der Waals surface area contributed by atoms with Gasteiger partial charge in [0.1, 0.15) is 24.7 Å². The summed E-state index contributed by atoms with van der Waals surface area (Å²) in [6.07, 6.45) is 3.97. The number of halogens is 1. The number of alkyl halides is 1. The number of nitrogens with zero attached hydrogens (tertiary/aromatic N) is 6. The van der Waals surface area contributed by atoms with Gasteiger partial charge in [0, 0.05) is 32.9 Å². The second-order valence-corrected chi connectivity index (χ2v) is 7.89. The van der Waals surface area contributed by atoms with Crippen molar-refractivity contribution in [3.63, 3.8) is 0 Å². The molecule has 31 heavy (non-hydrogen) atoms. The Hall–Kier alpha value is -2.84. The number of hydrogen-bond donors (Lipinski definition) is 2. The monoisotopic (exact) mass is 446 g/mol. The first-order valence-electron chi connectivity index (χ1n) is 10.3. The molecule has 0 unspecified atom stereocenters. The van der Waals surface area contributed by atoms with Gasteiger partial charge in [-0.2, -0.15) is 5.26 Å². The first-order valence-corrected chi connectivity index (χ1v) is 10.7. The standard InChI is InChI=1S/C20H27FN8OS/c1-27(16-12-28(10-6-15(16)21)17(30)4-8-23)18-14-5-11-29(19(14)26-13-25-18)20(31)24-9-3-2-7-22/h5,11,13,15-16H,2-4,6-7,9-10,12,22H2,1H3,(H,24,31)/t15-,16+/m1/s1. The predicted octanol–water partition coefficient (Wildman–Crippen LogP) is 1.18. The minimum Gasteiger partial charge on any atom is -0.362 e. The molecule has 9 nitrogen and oxygen atoms in total. The Balaban J connectivity index is 1.80. The molecule has 0 aliphatic carbocycles. The van der Waals surface area contributed by atoms with Crippen LogP contribution in [0.4, 0.5) is 10.2 Å². The number of nitrogens with one attached hydrogen (secondary N) is 1. The van der Waals surface area contributed by atoms with E-state index < -0.39 is 12.2 Å². The minimum atomic E-state index is -1.12. The van der Waals surface area contributed by atoms with E-state index in [1.807, 2.05) is 18.3 Å². The second-order valence-electron chi connectivity index (χ2n) is 7.51. The Morgan fingerprint density at radius 2 is 2.29 bits per heavy atom. The maximum absolute atomic E-state index is 14.8. The van der Waals surface area contributed by atoms with Crippen molar-refractivity contribution < 1.29 is 9.18 Å². The van der Waals surface area contributed by atoms with Crippen molar-refractivity contribution in [2.24, 2.45) is 5.73 Å². The number of piperidine rings is 1. The number of unbranched alkanes of at least 4 members (excludes halogenated alkanes) is 1. The van der Waals surface area contributed by atoms with Gasteiger partial charge in [-0.3, -0.25) is 9.36 Å². The molecule has 0 bridgehead atoms. The highest BCUT2D eigenvalue weighted by Gasteiger charge is 2.35. The molecule has 2 atom stereocenters. The average molecular weight is 447 g/mol. The first-order chi connectivity index (χ1) is 15.0. The molecule has 3 rings (SSSR count). The Morgan fingerprint density at radius 1 is 1.48 bits per heavy atom. The van der Waals surface area contributed by atoms with Crippen LogP contribution in [0.5, 0.6) is 0 Å². The van der Waals surface area contributed by atoms with Crippen LogP contribution in [0.2, 0.25) is 0 Å². The lowest BCUT2D eigenvalue weighted by atomic mass is 10.0. The van der Waals surface area contributed by atoms with E-state index in [1.165, 1.54) is 6.33 Å². The summed E-state index contributed by atoms with van der Waals surface area (Å²) in [7, 11) is 1.76. The van der Waals surface area contributed by atoms with Crippen LogP contribution in [0.15, 0.2) is 18.6 Å². The average Bonchev–Trinajstić information content (AvgIpc) is 3.21. The lowest BCUT2D eigenvalue weighted by molar-refractivity contribution is -0.132. The van der Waals surface area contributed by atoms with Gasteiger partial charge in [-0.15, -0.1) is 0 Å². The van der Waals surface area contributed by atoms with Gasteiger partial charge < -0.3 is 20.9 Å². The normalized spacial score (nSPS) is 18.6. The molecule has 166 valence electrons. The summed E-state index contributed by atoms with van der Waals surface area (Å²) in [5.41, 5.74) is 6.14. The van der Waals surface area contributed by atoms with Crippen molar-refractivity contribution in [1.82, 2.24) is 24.8 Å². The van der Waals surface area contributed by atoms with Crippen molar-refractivity contribution in [3.8, 4) is 6.07 Å². The number of amides is 1. The molecule has 2 aromatic rings. The quantitative estimate of drug-likeness (QED) is 0.481. The number of carbonyl (C=O) groups excluding carboxylic acids is 1. The zero-order valence-electron chi connectivity index (χ0n) is 17.5. The number of thiocarbonyl (C=S) groups is 1. The highest BCUT2D eigenvalue weighted by molar-refractivity contribution is 7.80. The highest BCUT2D eigenvalue weighted by atomic mass is 32.1. The van der Waals surface area contributed by atoms with Crippen LogP contribution in [-0.4, -0.2) is 75.9 Å². The van der Waals surface area contributed by atoms with Gasteiger partial charge in [0.15, 0.2) is 10.8 Å². The number of anilines is 1. The maximum Gasteiger partial charge on any atom is 0.236 e. The zero-order valence-corrected chi connectivity index (χ0v) is 18.3. The van der Waals surface area contributed by atoms with Crippen LogP contribution in [0.1, 0.15) is 25.7 Å². The fourth-order valence-electron chi connectivity index (χ4n) is 3.76. The number of nitrogens with two attached hydrogens (primary N) is 1. The molecule has 1 aliphatic rings. The Bertz CT molecular complexity index is 974. The number of hydrogen-bond acceptors (Lipinski definition) is 7. The molecule has 1 amide bonds. The van der Waals surface area contributed by atoms with Gasteiger partial charge >= 0.3 is 0 Å². The largest absolute Gasteiger partial charge is 0.362 e. The van der Waals surface area contributed by atoms with E-state index in [2.05, 4.69) is 15.3 Å². The maximum atomic E-state index is 14.8. The molecule has 0 aromatic carbocycles. The molecule has 1 aliphatic heterocycles. The lowest BCUT2D eigenvalue weighted by Gasteiger charge is -2.40. The molecule has 2 aromatic heterocycles. The number of aromatic nitrogens is 3. The van der Waals surface area contributed by atoms with Crippen LogP contribution in [0.3, 0.4) is 0 Å². The van der Waals surface area contributed by atoms with E-state index in [4.69, 9.17) is 23.2 Å². The highest BCUT2D eigenvalue weighted by Crippen LogP contribution is 2.28. The molecule has 0 radical (unpaired) electrons. The van der Waals surface area contributed by atoms with Gasteiger partial charge in [0.25, 0.3) is 0 Å². The topological polar surface area (TPSA) is 116 Å². The number of likely N-dealkylation sites (N-methyl/N-ethyl adjacent to an activating group) is 1. The van der Waals surface area contributed by atoms with Crippen LogP contribution >= 0.6 is 12.2 Å². The summed E-state index contributed by atoms with van der Waals surface area (Å²) in [5.74, 6) is 0.287. The number of rotatable bonds is 7. The van der Waals surface area contributed by atoms with Gasteiger partial charge in [-0.1, -0.05) is 0 Å². The number of likely N-dealkylation sites (tertiary alicyclic amines) is 1. The molecular formula is C20H27FN8OS. The molecule has 3 heterocycles. The number of fused-ring (bicyclic) bond motifs is 1. The third-order valence-corrected chi connectivity index (χ3v) is 5.84.